The number of hydrogen-bond acceptors (Lipinski definition) is 0. The van der Waals surface area contributed by atoms with E-state index in [1.165, 1.54) is 0 Å². The van der Waals surface area contributed by atoms with Crippen LogP contribution in [0.15, 0.2) is 0 Å². The molecule has 0 aliphatic rings. The van der Waals surface area contributed by atoms with Gasteiger partial charge in [-0.3, -0.25) is 0 Å². The van der Waals surface area contributed by atoms with Gasteiger partial charge in [-0.05, 0) is 0 Å². The van der Waals surface area contributed by atoms with Gasteiger partial charge in [0.25, 0.3) is 0 Å². The fraction of sp³-hybridized carbons (Fsp3) is 0. The topological polar surface area (TPSA) is 0 Å². The fourth-order valence-electron chi connectivity index (χ4n) is 0. The summed E-state index contributed by atoms with van der Waals surface area (Å²) < 4.78 is -0.423. The molecule has 0 saturated carbocycles. The molecule has 0 aromatic heterocycles. The van der Waals surface area contributed by atoms with E-state index in [1.54, 1.807) is 0 Å². The zero-order valence-corrected chi connectivity index (χ0v) is 15.4. The molecule has 5 heteroatoms. The zero-order chi connectivity index (χ0) is 3.58. The van der Waals surface area contributed by atoms with Crippen LogP contribution in [0, 0.1) is 0 Å². The van der Waals surface area contributed by atoms with Crippen LogP contribution >= 0.6 is 60.6 Å². The summed E-state index contributed by atoms with van der Waals surface area (Å²) in [5, 5.41) is 0. The third kappa shape index (κ3) is 18.9. The summed E-state index contributed by atoms with van der Waals surface area (Å²) in [5.74, 6) is 0. The standard InChI is InChI=1S/GeI3.GeH3/c2-1(3)4;/h;1H3. The van der Waals surface area contributed by atoms with E-state index >= 15 is 0 Å². The van der Waals surface area contributed by atoms with Crippen LogP contribution in [0.4, 0.5) is 0 Å². The summed E-state index contributed by atoms with van der Waals surface area (Å²) >= 11 is 7.45. The molecule has 0 saturated heterocycles. The predicted molar refractivity (Wildman–Crippen MR) is 57.8 cm³/mol. The van der Waals surface area contributed by atoms with E-state index < -0.39 is 4.42 Å². The van der Waals surface area contributed by atoms with Crippen LogP contribution in [0.3, 0.4) is 0 Å². The Labute approximate surface area is 80.5 Å². The van der Waals surface area contributed by atoms with Gasteiger partial charge in [0, 0.05) is 0 Å². The van der Waals surface area contributed by atoms with Crippen LogP contribution in [0.5, 0.6) is 0 Å². The van der Waals surface area contributed by atoms with Crippen molar-refractivity contribution >= 4 is 82.7 Å². The van der Waals surface area contributed by atoms with Gasteiger partial charge in [0.15, 0.2) is 0 Å². The molecule has 0 aliphatic carbocycles. The predicted octanol–water partition coefficient (Wildman–Crippen LogP) is 1.09. The molecule has 0 bridgehead atoms. The second kappa shape index (κ2) is 7.28. The molecule has 2 radical (unpaired) electrons. The molecule has 0 N–H and O–H groups in total. The van der Waals surface area contributed by atoms with E-state index in [-0.39, 0.29) is 17.6 Å². The van der Waals surface area contributed by atoms with Crippen molar-refractivity contribution in [2.75, 3.05) is 0 Å². The summed E-state index contributed by atoms with van der Waals surface area (Å²) in [6, 6.07) is 0. The molecule has 0 fully saturated rings. The third-order valence-electron chi connectivity index (χ3n) is 0. The van der Waals surface area contributed by atoms with E-state index in [0.29, 0.717) is 0 Å². The normalized spacial score (nSPS) is 7.20. The molecule has 0 heterocycles. The molecule has 0 aliphatic heterocycles. The second-order valence-corrected chi connectivity index (χ2v) is 50.1. The molecule has 0 atom stereocenters. The van der Waals surface area contributed by atoms with Crippen molar-refractivity contribution in [3.63, 3.8) is 0 Å². The minimum absolute atomic E-state index is 0. The molecule has 0 aromatic rings. The Bertz CT molecular complexity index is 9.61. The van der Waals surface area contributed by atoms with Gasteiger partial charge >= 0.3 is 82.7 Å². The minimum atomic E-state index is -0.423. The first kappa shape index (κ1) is 11.1. The maximum atomic E-state index is 2.48. The second-order valence-electron chi connectivity index (χ2n) is 0.214. The first-order chi connectivity index (χ1) is 1.73. The fourth-order valence-corrected chi connectivity index (χ4v) is 0. The Kier molecular flexibility index (Phi) is 16.2. The first-order valence-corrected chi connectivity index (χ1v) is 19.8. The van der Waals surface area contributed by atoms with Crippen molar-refractivity contribution in [2.24, 2.45) is 0 Å². The SMILES string of the molecule is [GeH3].[I][Ge]([I])[I]. The number of hydrogen-bond donors (Lipinski definition) is 0. The molecule has 0 amide bonds. The summed E-state index contributed by atoms with van der Waals surface area (Å²) in [7, 11) is 0. The van der Waals surface area contributed by atoms with Gasteiger partial charge in [-0.2, -0.15) is 0 Å². The molecule has 5 heavy (non-hydrogen) atoms. The van der Waals surface area contributed by atoms with Crippen molar-refractivity contribution < 1.29 is 0 Å². The van der Waals surface area contributed by atoms with Crippen molar-refractivity contribution in [3.8, 4) is 0 Å². The Morgan fingerprint density at radius 3 is 1.00 bits per heavy atom. The van der Waals surface area contributed by atoms with Crippen molar-refractivity contribution in [2.45, 2.75) is 0 Å². The van der Waals surface area contributed by atoms with Crippen LogP contribution in [-0.2, 0) is 0 Å². The maximum absolute atomic E-state index is 2.48. The molecule has 0 spiro atoms. The van der Waals surface area contributed by atoms with Gasteiger partial charge in [0.2, 0.25) is 0 Å². The summed E-state index contributed by atoms with van der Waals surface area (Å²) in [6.07, 6.45) is 0. The zero-order valence-electron chi connectivity index (χ0n) is 2.63. The van der Waals surface area contributed by atoms with Gasteiger partial charge in [-0.25, -0.2) is 0 Å². The molecule has 0 aromatic carbocycles. The van der Waals surface area contributed by atoms with Gasteiger partial charge < -0.3 is 0 Å². The van der Waals surface area contributed by atoms with Crippen molar-refractivity contribution in [3.05, 3.63) is 0 Å². The van der Waals surface area contributed by atoms with E-state index in [2.05, 4.69) is 60.6 Å². The first-order valence-electron chi connectivity index (χ1n) is 0.567. The van der Waals surface area contributed by atoms with Crippen LogP contribution in [0.1, 0.15) is 0 Å². The van der Waals surface area contributed by atoms with Crippen LogP contribution in [0.25, 0.3) is 0 Å². The van der Waals surface area contributed by atoms with Gasteiger partial charge in [0.05, 0.1) is 0 Å². The van der Waals surface area contributed by atoms with Gasteiger partial charge in [-0.1, -0.05) is 0 Å². The van der Waals surface area contributed by atoms with Crippen LogP contribution < -0.4 is 0 Å². The molecular formula is H3Ge2I3. The average molecular weight is 529 g/mol. The summed E-state index contributed by atoms with van der Waals surface area (Å²) in [4.78, 5) is 0. The van der Waals surface area contributed by atoms with E-state index in [9.17, 15) is 0 Å². The average Bonchev–Trinajstić information content (AvgIpc) is 0.811. The van der Waals surface area contributed by atoms with Gasteiger partial charge in [0.1, 0.15) is 0 Å². The third-order valence-corrected chi connectivity index (χ3v) is 0. The summed E-state index contributed by atoms with van der Waals surface area (Å²) in [6.45, 7) is 0. The van der Waals surface area contributed by atoms with E-state index in [0.717, 1.165) is 0 Å². The van der Waals surface area contributed by atoms with Gasteiger partial charge in [-0.15, -0.1) is 0 Å². The monoisotopic (exact) mass is 532 g/mol. The Morgan fingerprint density at radius 2 is 1.00 bits per heavy atom. The molecule has 0 unspecified atom stereocenters. The quantitative estimate of drug-likeness (QED) is 0.326. The Morgan fingerprint density at radius 1 is 1.00 bits per heavy atom. The number of halogens is 3. The Hall–Kier alpha value is 3.28. The Balaban J connectivity index is 0. The molecule has 32 valence electrons. The molecule has 0 nitrogen and oxygen atoms in total. The van der Waals surface area contributed by atoms with Crippen molar-refractivity contribution in [1.82, 2.24) is 0 Å². The van der Waals surface area contributed by atoms with E-state index in [1.807, 2.05) is 0 Å². The number of rotatable bonds is 0. The molecule has 0 rings (SSSR count). The van der Waals surface area contributed by atoms with E-state index in [4.69, 9.17) is 0 Å². The van der Waals surface area contributed by atoms with Crippen LogP contribution in [0.2, 0.25) is 0 Å². The van der Waals surface area contributed by atoms with Crippen molar-refractivity contribution in [1.29, 1.82) is 0 Å². The van der Waals surface area contributed by atoms with Crippen LogP contribution in [-0.4, -0.2) is 22.0 Å². The molecular weight excluding hydrogens is 526 g/mol. The summed E-state index contributed by atoms with van der Waals surface area (Å²) in [5.41, 5.74) is 0.